The lowest BCUT2D eigenvalue weighted by molar-refractivity contribution is 0.288. The summed E-state index contributed by atoms with van der Waals surface area (Å²) in [5.41, 5.74) is 6.57. The third kappa shape index (κ3) is 2.30. The molecule has 0 spiro atoms. The molecular weight excluding hydrogens is 226 g/mol. The van der Waals surface area contributed by atoms with Gasteiger partial charge in [-0.3, -0.25) is 0 Å². The van der Waals surface area contributed by atoms with E-state index in [9.17, 15) is 0 Å². The number of hydrogen-bond donors (Lipinski definition) is 1. The summed E-state index contributed by atoms with van der Waals surface area (Å²) in [5, 5.41) is 4.15. The van der Waals surface area contributed by atoms with Gasteiger partial charge in [-0.15, -0.1) is 0 Å². The SMILES string of the molecule is CC1(C)CCCC(N)(c2noc(C3CC3)n2)CC1. The molecule has 3 rings (SSSR count). The Morgan fingerprint density at radius 2 is 1.94 bits per heavy atom. The highest BCUT2D eigenvalue weighted by atomic mass is 16.5. The van der Waals surface area contributed by atoms with Crippen LogP contribution in [-0.2, 0) is 5.54 Å². The molecule has 0 aromatic carbocycles. The molecule has 4 heteroatoms. The van der Waals surface area contributed by atoms with E-state index in [-0.39, 0.29) is 5.54 Å². The van der Waals surface area contributed by atoms with Crippen LogP contribution in [0.15, 0.2) is 4.52 Å². The van der Waals surface area contributed by atoms with Crippen molar-refractivity contribution in [1.29, 1.82) is 0 Å². The lowest BCUT2D eigenvalue weighted by atomic mass is 9.83. The first-order valence-corrected chi connectivity index (χ1v) is 7.12. The summed E-state index contributed by atoms with van der Waals surface area (Å²) >= 11 is 0. The van der Waals surface area contributed by atoms with Crippen molar-refractivity contribution in [2.45, 2.75) is 70.3 Å². The Morgan fingerprint density at radius 1 is 1.17 bits per heavy atom. The van der Waals surface area contributed by atoms with E-state index in [1.165, 1.54) is 19.3 Å². The maximum absolute atomic E-state index is 6.55. The molecule has 18 heavy (non-hydrogen) atoms. The van der Waals surface area contributed by atoms with Crippen molar-refractivity contribution in [3.8, 4) is 0 Å². The Kier molecular flexibility index (Phi) is 2.73. The van der Waals surface area contributed by atoms with Gasteiger partial charge in [0.05, 0.1) is 5.54 Å². The summed E-state index contributed by atoms with van der Waals surface area (Å²) in [4.78, 5) is 4.55. The Morgan fingerprint density at radius 3 is 2.67 bits per heavy atom. The van der Waals surface area contributed by atoms with Crippen LogP contribution in [0.1, 0.15) is 76.4 Å². The lowest BCUT2D eigenvalue weighted by Gasteiger charge is -2.25. The Labute approximate surface area is 108 Å². The van der Waals surface area contributed by atoms with Crippen LogP contribution in [0.25, 0.3) is 0 Å². The standard InChI is InChI=1S/C14H23N3O/c1-13(2)6-3-7-14(15,9-8-13)12-16-11(18-17-12)10-4-5-10/h10H,3-9,15H2,1-2H3. The molecule has 2 aliphatic rings. The van der Waals surface area contributed by atoms with Crippen LogP contribution in [0, 0.1) is 5.41 Å². The van der Waals surface area contributed by atoms with Crippen LogP contribution in [0.4, 0.5) is 0 Å². The quantitative estimate of drug-likeness (QED) is 0.818. The molecule has 1 aromatic rings. The molecule has 2 fully saturated rings. The van der Waals surface area contributed by atoms with Gasteiger partial charge in [-0.2, -0.15) is 4.98 Å². The zero-order valence-corrected chi connectivity index (χ0v) is 11.4. The third-order valence-corrected chi connectivity index (χ3v) is 4.54. The average Bonchev–Trinajstić information content (AvgIpc) is 3.06. The van der Waals surface area contributed by atoms with Crippen LogP contribution in [0.3, 0.4) is 0 Å². The summed E-state index contributed by atoms with van der Waals surface area (Å²) < 4.78 is 5.36. The van der Waals surface area contributed by atoms with E-state index in [1.54, 1.807) is 0 Å². The average molecular weight is 249 g/mol. The van der Waals surface area contributed by atoms with Crippen molar-refractivity contribution < 1.29 is 4.52 Å². The first-order valence-electron chi connectivity index (χ1n) is 7.12. The molecule has 0 bridgehead atoms. The summed E-state index contributed by atoms with van der Waals surface area (Å²) in [7, 11) is 0. The van der Waals surface area contributed by atoms with Crippen LogP contribution in [0.2, 0.25) is 0 Å². The van der Waals surface area contributed by atoms with Gasteiger partial charge in [0.25, 0.3) is 0 Å². The molecular formula is C14H23N3O. The molecule has 4 nitrogen and oxygen atoms in total. The van der Waals surface area contributed by atoms with Gasteiger partial charge in [-0.25, -0.2) is 0 Å². The Balaban J connectivity index is 1.79. The summed E-state index contributed by atoms with van der Waals surface area (Å²) in [6, 6.07) is 0. The molecule has 1 atom stereocenters. The maximum atomic E-state index is 6.55. The topological polar surface area (TPSA) is 64.9 Å². The van der Waals surface area contributed by atoms with Crippen molar-refractivity contribution >= 4 is 0 Å². The highest BCUT2D eigenvalue weighted by Gasteiger charge is 2.39. The Hall–Kier alpha value is -0.900. The minimum atomic E-state index is -0.371. The van der Waals surface area contributed by atoms with Gasteiger partial charge in [0, 0.05) is 5.92 Å². The molecule has 2 saturated carbocycles. The monoisotopic (exact) mass is 249 g/mol. The van der Waals surface area contributed by atoms with Crippen molar-refractivity contribution in [3.05, 3.63) is 11.7 Å². The maximum Gasteiger partial charge on any atom is 0.229 e. The van der Waals surface area contributed by atoms with Crippen LogP contribution in [-0.4, -0.2) is 10.1 Å². The van der Waals surface area contributed by atoms with Gasteiger partial charge in [0.15, 0.2) is 5.82 Å². The van der Waals surface area contributed by atoms with Crippen molar-refractivity contribution in [1.82, 2.24) is 10.1 Å². The molecule has 0 radical (unpaired) electrons. The second-order valence-corrected chi connectivity index (χ2v) is 6.90. The van der Waals surface area contributed by atoms with Crippen LogP contribution < -0.4 is 5.73 Å². The van der Waals surface area contributed by atoms with E-state index >= 15 is 0 Å². The molecule has 0 aliphatic heterocycles. The minimum absolute atomic E-state index is 0.371. The van der Waals surface area contributed by atoms with Gasteiger partial charge in [-0.1, -0.05) is 25.4 Å². The number of nitrogens with zero attached hydrogens (tertiary/aromatic N) is 2. The molecule has 2 aliphatic carbocycles. The van der Waals surface area contributed by atoms with Crippen LogP contribution in [0.5, 0.6) is 0 Å². The van der Waals surface area contributed by atoms with Gasteiger partial charge < -0.3 is 10.3 Å². The summed E-state index contributed by atoms with van der Waals surface area (Å²) in [6.45, 7) is 4.65. The minimum Gasteiger partial charge on any atom is -0.339 e. The summed E-state index contributed by atoms with van der Waals surface area (Å²) in [5.74, 6) is 2.05. The third-order valence-electron chi connectivity index (χ3n) is 4.54. The molecule has 100 valence electrons. The number of aromatic nitrogens is 2. The van der Waals surface area contributed by atoms with E-state index < -0.39 is 0 Å². The fourth-order valence-electron chi connectivity index (χ4n) is 2.85. The second-order valence-electron chi connectivity index (χ2n) is 6.90. The van der Waals surface area contributed by atoms with Crippen molar-refractivity contribution in [2.75, 3.05) is 0 Å². The Bertz CT molecular complexity index is 436. The van der Waals surface area contributed by atoms with Gasteiger partial charge >= 0.3 is 0 Å². The van der Waals surface area contributed by atoms with Crippen LogP contribution >= 0.6 is 0 Å². The van der Waals surface area contributed by atoms with Crippen molar-refractivity contribution in [2.24, 2.45) is 11.1 Å². The predicted octanol–water partition coefficient (Wildman–Crippen LogP) is 3.09. The first kappa shape index (κ1) is 12.2. The molecule has 1 unspecified atom stereocenters. The van der Waals surface area contributed by atoms with Crippen molar-refractivity contribution in [3.63, 3.8) is 0 Å². The predicted molar refractivity (Wildman–Crippen MR) is 69.0 cm³/mol. The first-order chi connectivity index (χ1) is 8.49. The second kappa shape index (κ2) is 4.05. The molecule has 2 N–H and O–H groups in total. The number of nitrogens with two attached hydrogens (primary N) is 1. The highest BCUT2D eigenvalue weighted by Crippen LogP contribution is 2.42. The largest absolute Gasteiger partial charge is 0.339 e. The highest BCUT2D eigenvalue weighted by molar-refractivity contribution is 5.09. The lowest BCUT2D eigenvalue weighted by Crippen LogP contribution is -2.37. The van der Waals surface area contributed by atoms with E-state index in [2.05, 4.69) is 24.0 Å². The fraction of sp³-hybridized carbons (Fsp3) is 0.857. The zero-order valence-electron chi connectivity index (χ0n) is 11.4. The number of hydrogen-bond acceptors (Lipinski definition) is 4. The zero-order chi connectivity index (χ0) is 12.8. The smallest absolute Gasteiger partial charge is 0.229 e. The van der Waals surface area contributed by atoms with E-state index in [0.717, 1.165) is 37.4 Å². The molecule has 1 heterocycles. The summed E-state index contributed by atoms with van der Waals surface area (Å²) in [6.07, 6.45) is 7.83. The van der Waals surface area contributed by atoms with Gasteiger partial charge in [0.1, 0.15) is 0 Å². The molecule has 1 aromatic heterocycles. The molecule has 0 saturated heterocycles. The van der Waals surface area contributed by atoms with E-state index in [0.29, 0.717) is 11.3 Å². The van der Waals surface area contributed by atoms with E-state index in [1.807, 2.05) is 0 Å². The van der Waals surface area contributed by atoms with Gasteiger partial charge in [0.2, 0.25) is 5.89 Å². The van der Waals surface area contributed by atoms with Gasteiger partial charge in [-0.05, 0) is 43.9 Å². The fourth-order valence-corrected chi connectivity index (χ4v) is 2.85. The molecule has 0 amide bonds. The van der Waals surface area contributed by atoms with E-state index in [4.69, 9.17) is 10.3 Å². The normalized spacial score (nSPS) is 32.2. The number of rotatable bonds is 2.